The van der Waals surface area contributed by atoms with Gasteiger partial charge in [0.25, 0.3) is 17.7 Å². The highest BCUT2D eigenvalue weighted by Gasteiger charge is 2.28. The minimum absolute atomic E-state index is 0.123. The monoisotopic (exact) mass is 550 g/mol. The van der Waals surface area contributed by atoms with E-state index in [4.69, 9.17) is 16.3 Å². The van der Waals surface area contributed by atoms with Gasteiger partial charge in [0.15, 0.2) is 0 Å². The SMILES string of the molecule is COc1cc(C(=O)N2CCC(c3nc(C(=O)NNC(=O)c4ccnc(Cl)c4)cs3)CC2)nc2ccccc12. The number of piperidine rings is 1. The summed E-state index contributed by atoms with van der Waals surface area (Å²) in [5, 5.41) is 3.51. The van der Waals surface area contributed by atoms with Gasteiger partial charge in [-0.2, -0.15) is 0 Å². The van der Waals surface area contributed by atoms with Gasteiger partial charge in [0.05, 0.1) is 17.6 Å². The Balaban J connectivity index is 1.17. The molecule has 12 heteroatoms. The molecule has 0 unspecified atom stereocenters. The van der Waals surface area contributed by atoms with Gasteiger partial charge in [0, 0.05) is 47.6 Å². The number of hydrogen-bond acceptors (Lipinski definition) is 8. The smallest absolute Gasteiger partial charge is 0.289 e. The summed E-state index contributed by atoms with van der Waals surface area (Å²) in [6.07, 6.45) is 2.83. The third-order valence-corrected chi connectivity index (χ3v) is 7.50. The van der Waals surface area contributed by atoms with Gasteiger partial charge in [-0.25, -0.2) is 15.0 Å². The normalized spacial score (nSPS) is 13.8. The molecule has 10 nitrogen and oxygen atoms in total. The molecule has 1 saturated heterocycles. The third kappa shape index (κ3) is 5.43. The molecule has 1 aromatic carbocycles. The van der Waals surface area contributed by atoms with E-state index in [0.717, 1.165) is 10.4 Å². The summed E-state index contributed by atoms with van der Waals surface area (Å²) in [5.74, 6) is -0.446. The molecule has 0 saturated carbocycles. The van der Waals surface area contributed by atoms with Crippen molar-refractivity contribution in [1.82, 2.24) is 30.7 Å². The van der Waals surface area contributed by atoms with Crippen molar-refractivity contribution in [1.29, 1.82) is 0 Å². The first-order valence-corrected chi connectivity index (χ1v) is 13.1. The van der Waals surface area contributed by atoms with Gasteiger partial charge in [-0.15, -0.1) is 11.3 Å². The minimum Gasteiger partial charge on any atom is -0.496 e. The summed E-state index contributed by atoms with van der Waals surface area (Å²) < 4.78 is 5.48. The van der Waals surface area contributed by atoms with Crippen LogP contribution in [-0.2, 0) is 0 Å². The highest BCUT2D eigenvalue weighted by atomic mass is 35.5. The van der Waals surface area contributed by atoms with Gasteiger partial charge < -0.3 is 9.64 Å². The minimum atomic E-state index is -0.523. The van der Waals surface area contributed by atoms with Crippen molar-refractivity contribution >= 4 is 51.6 Å². The summed E-state index contributed by atoms with van der Waals surface area (Å²) in [5.41, 5.74) is 6.25. The molecule has 4 heterocycles. The van der Waals surface area contributed by atoms with Crippen LogP contribution in [0.2, 0.25) is 5.15 Å². The van der Waals surface area contributed by atoms with Crippen molar-refractivity contribution in [3.8, 4) is 5.75 Å². The molecule has 0 bridgehead atoms. The maximum absolute atomic E-state index is 13.2. The molecule has 3 aromatic heterocycles. The Labute approximate surface area is 227 Å². The number of thiazole rings is 1. The molecule has 194 valence electrons. The van der Waals surface area contributed by atoms with E-state index in [0.29, 0.717) is 42.9 Å². The zero-order valence-corrected chi connectivity index (χ0v) is 21.9. The number of rotatable bonds is 5. The molecule has 0 radical (unpaired) electrons. The number of pyridine rings is 2. The molecule has 3 amide bonds. The largest absolute Gasteiger partial charge is 0.496 e. The second-order valence-electron chi connectivity index (χ2n) is 8.64. The molecular weight excluding hydrogens is 528 g/mol. The van der Waals surface area contributed by atoms with Gasteiger partial charge in [-0.1, -0.05) is 23.7 Å². The lowest BCUT2D eigenvalue weighted by molar-refractivity contribution is 0.0706. The standard InChI is InChI=1S/C26H23ClN6O4S/c1-37-21-13-19(29-18-5-3-2-4-17(18)21)26(36)33-10-7-15(8-11-33)25-30-20(14-38-25)24(35)32-31-23(34)16-6-9-28-22(27)12-16/h2-6,9,12-15H,7-8,10-11H2,1H3,(H,31,34)(H,32,35). The lowest BCUT2D eigenvalue weighted by Gasteiger charge is -2.31. The Hall–Kier alpha value is -4.09. The number of para-hydroxylation sites is 1. The third-order valence-electron chi connectivity index (χ3n) is 6.28. The average molecular weight is 551 g/mol. The number of nitrogens with one attached hydrogen (secondary N) is 2. The fourth-order valence-corrected chi connectivity index (χ4v) is 5.43. The number of halogens is 1. The van der Waals surface area contributed by atoms with Crippen LogP contribution in [-0.4, -0.2) is 57.8 Å². The summed E-state index contributed by atoms with van der Waals surface area (Å²) in [6.45, 7) is 1.10. The molecule has 0 atom stereocenters. The number of nitrogens with zero attached hydrogens (tertiary/aromatic N) is 4. The van der Waals surface area contributed by atoms with E-state index in [1.54, 1.807) is 23.5 Å². The Kier molecular flexibility index (Phi) is 7.47. The fourth-order valence-electron chi connectivity index (χ4n) is 4.29. The van der Waals surface area contributed by atoms with E-state index in [9.17, 15) is 14.4 Å². The van der Waals surface area contributed by atoms with Crippen molar-refractivity contribution in [2.24, 2.45) is 0 Å². The van der Waals surface area contributed by atoms with Crippen molar-refractivity contribution in [3.63, 3.8) is 0 Å². The zero-order chi connectivity index (χ0) is 26.6. The number of methoxy groups -OCH3 is 1. The fraction of sp³-hybridized carbons (Fsp3) is 0.231. The van der Waals surface area contributed by atoms with Crippen LogP contribution in [0.4, 0.5) is 0 Å². The number of carbonyl (C=O) groups is 3. The molecule has 0 spiro atoms. The van der Waals surface area contributed by atoms with Crippen LogP contribution in [0.5, 0.6) is 5.75 Å². The van der Waals surface area contributed by atoms with Crippen LogP contribution >= 0.6 is 22.9 Å². The summed E-state index contributed by atoms with van der Waals surface area (Å²) in [4.78, 5) is 52.5. The number of likely N-dealkylation sites (tertiary alicyclic amines) is 1. The van der Waals surface area contributed by atoms with E-state index in [2.05, 4.69) is 25.8 Å². The van der Waals surface area contributed by atoms with Gasteiger partial charge in [0.1, 0.15) is 22.3 Å². The van der Waals surface area contributed by atoms with Gasteiger partial charge in [0.2, 0.25) is 0 Å². The Morgan fingerprint density at radius 3 is 2.55 bits per heavy atom. The average Bonchev–Trinajstić information content (AvgIpc) is 3.45. The number of carbonyl (C=O) groups excluding carboxylic acids is 3. The van der Waals surface area contributed by atoms with E-state index in [1.165, 1.54) is 29.7 Å². The van der Waals surface area contributed by atoms with Crippen LogP contribution in [0.3, 0.4) is 0 Å². The first-order valence-electron chi connectivity index (χ1n) is 11.8. The predicted octanol–water partition coefficient (Wildman–Crippen LogP) is 3.84. The highest BCUT2D eigenvalue weighted by Crippen LogP contribution is 2.31. The number of ether oxygens (including phenoxy) is 1. The number of aromatic nitrogens is 3. The summed E-state index contributed by atoms with van der Waals surface area (Å²) in [6, 6.07) is 12.1. The molecule has 1 fully saturated rings. The van der Waals surface area contributed by atoms with Crippen LogP contribution in [0.25, 0.3) is 10.9 Å². The second-order valence-corrected chi connectivity index (χ2v) is 9.92. The predicted molar refractivity (Wildman–Crippen MR) is 142 cm³/mol. The van der Waals surface area contributed by atoms with Crippen LogP contribution in [0.1, 0.15) is 55.1 Å². The lowest BCUT2D eigenvalue weighted by Crippen LogP contribution is -2.41. The van der Waals surface area contributed by atoms with Crippen LogP contribution < -0.4 is 15.6 Å². The summed E-state index contributed by atoms with van der Waals surface area (Å²) >= 11 is 7.18. The van der Waals surface area contributed by atoms with Crippen LogP contribution in [0.15, 0.2) is 54.0 Å². The maximum atomic E-state index is 13.2. The lowest BCUT2D eigenvalue weighted by atomic mass is 9.97. The topological polar surface area (TPSA) is 126 Å². The molecule has 4 aromatic rings. The number of benzene rings is 1. The molecule has 5 rings (SSSR count). The molecule has 0 aliphatic carbocycles. The Morgan fingerprint density at radius 1 is 1.03 bits per heavy atom. The zero-order valence-electron chi connectivity index (χ0n) is 20.3. The van der Waals surface area contributed by atoms with Crippen molar-refractivity contribution in [3.05, 3.63) is 81.2 Å². The van der Waals surface area contributed by atoms with Gasteiger partial charge in [-0.05, 0) is 37.1 Å². The van der Waals surface area contributed by atoms with E-state index < -0.39 is 11.8 Å². The van der Waals surface area contributed by atoms with E-state index >= 15 is 0 Å². The maximum Gasteiger partial charge on any atom is 0.289 e. The number of hydrogen-bond donors (Lipinski definition) is 2. The Morgan fingerprint density at radius 2 is 1.79 bits per heavy atom. The van der Waals surface area contributed by atoms with Crippen molar-refractivity contribution in [2.45, 2.75) is 18.8 Å². The highest BCUT2D eigenvalue weighted by molar-refractivity contribution is 7.09. The van der Waals surface area contributed by atoms with Gasteiger partial charge in [-0.3, -0.25) is 25.2 Å². The quantitative estimate of drug-likeness (QED) is 0.285. The number of hydrazine groups is 1. The molecule has 38 heavy (non-hydrogen) atoms. The first-order chi connectivity index (χ1) is 18.4. The number of fused-ring (bicyclic) bond motifs is 1. The molecule has 2 N–H and O–H groups in total. The van der Waals surface area contributed by atoms with E-state index in [-0.39, 0.29) is 28.2 Å². The van der Waals surface area contributed by atoms with E-state index in [1.807, 2.05) is 24.3 Å². The van der Waals surface area contributed by atoms with Crippen molar-refractivity contribution in [2.75, 3.05) is 20.2 Å². The number of amides is 3. The Bertz CT molecular complexity index is 1520. The van der Waals surface area contributed by atoms with Crippen LogP contribution in [0, 0.1) is 0 Å². The first kappa shape index (κ1) is 25.6. The van der Waals surface area contributed by atoms with Crippen molar-refractivity contribution < 1.29 is 19.1 Å². The van der Waals surface area contributed by atoms with Gasteiger partial charge >= 0.3 is 0 Å². The second kappa shape index (κ2) is 11.1. The molecular formula is C26H23ClN6O4S. The molecule has 1 aliphatic heterocycles. The summed E-state index contributed by atoms with van der Waals surface area (Å²) in [7, 11) is 1.58. The molecule has 1 aliphatic rings.